The minimum Gasteiger partial charge on any atom is -0.375 e. The maximum atomic E-state index is 5.44. The third-order valence-corrected chi connectivity index (χ3v) is 3.22. The van der Waals surface area contributed by atoms with Crippen LogP contribution in [0, 0.1) is 0 Å². The quantitative estimate of drug-likeness (QED) is 0.579. The van der Waals surface area contributed by atoms with E-state index in [0.29, 0.717) is 0 Å². The lowest BCUT2D eigenvalue weighted by molar-refractivity contribution is -0.0157. The van der Waals surface area contributed by atoms with E-state index in [2.05, 4.69) is 0 Å². The summed E-state index contributed by atoms with van der Waals surface area (Å²) in [6.45, 7) is 0. The zero-order valence-electron chi connectivity index (χ0n) is 6.64. The molecule has 0 spiro atoms. The number of fused-ring (bicyclic) bond motifs is 1. The van der Waals surface area contributed by atoms with Gasteiger partial charge in [-0.3, -0.25) is 0 Å². The zero-order chi connectivity index (χ0) is 7.24. The highest BCUT2D eigenvalue weighted by Crippen LogP contribution is 2.63. The van der Waals surface area contributed by atoms with Crippen molar-refractivity contribution in [3.05, 3.63) is 0 Å². The van der Waals surface area contributed by atoms with Gasteiger partial charge < -0.3 is 9.47 Å². The molecular formula is C8H14O2. The maximum absolute atomic E-state index is 5.44. The first-order valence-corrected chi connectivity index (χ1v) is 3.89. The van der Waals surface area contributed by atoms with Crippen molar-refractivity contribution in [3.63, 3.8) is 0 Å². The third kappa shape index (κ3) is 0.523. The van der Waals surface area contributed by atoms with Gasteiger partial charge in [0.05, 0.1) is 11.2 Å². The predicted molar refractivity (Wildman–Crippen MR) is 37.9 cm³/mol. The third-order valence-electron chi connectivity index (χ3n) is 3.22. The van der Waals surface area contributed by atoms with Crippen molar-refractivity contribution in [1.29, 1.82) is 0 Å². The number of methoxy groups -OCH3 is 2. The fraction of sp³-hybridized carbons (Fsp3) is 1.00. The van der Waals surface area contributed by atoms with Gasteiger partial charge in [0, 0.05) is 20.6 Å². The van der Waals surface area contributed by atoms with Crippen molar-refractivity contribution in [2.45, 2.75) is 36.9 Å². The van der Waals surface area contributed by atoms with E-state index in [1.165, 1.54) is 19.3 Å². The first-order valence-electron chi connectivity index (χ1n) is 3.89. The highest BCUT2D eigenvalue weighted by molar-refractivity contribution is 5.24. The van der Waals surface area contributed by atoms with Crippen LogP contribution in [-0.2, 0) is 9.47 Å². The van der Waals surface area contributed by atoms with Gasteiger partial charge in [0.15, 0.2) is 0 Å². The van der Waals surface area contributed by atoms with Crippen molar-refractivity contribution < 1.29 is 9.47 Å². The summed E-state index contributed by atoms with van der Waals surface area (Å²) in [5.41, 5.74) is 0.253. The van der Waals surface area contributed by atoms with E-state index in [1.807, 2.05) is 0 Å². The van der Waals surface area contributed by atoms with Gasteiger partial charge in [-0.2, -0.15) is 0 Å². The highest BCUT2D eigenvalue weighted by atomic mass is 16.6. The molecule has 2 heteroatoms. The van der Waals surface area contributed by atoms with Crippen LogP contribution in [0.5, 0.6) is 0 Å². The molecule has 2 aliphatic rings. The second-order valence-electron chi connectivity index (χ2n) is 3.43. The van der Waals surface area contributed by atoms with Crippen molar-refractivity contribution in [2.75, 3.05) is 14.2 Å². The van der Waals surface area contributed by atoms with Crippen LogP contribution in [0.4, 0.5) is 0 Å². The van der Waals surface area contributed by atoms with Gasteiger partial charge in [0.2, 0.25) is 0 Å². The summed E-state index contributed by atoms with van der Waals surface area (Å²) in [4.78, 5) is 0. The van der Waals surface area contributed by atoms with Crippen molar-refractivity contribution in [1.82, 2.24) is 0 Å². The summed E-state index contributed by atoms with van der Waals surface area (Å²) >= 11 is 0. The van der Waals surface area contributed by atoms with E-state index in [-0.39, 0.29) is 11.2 Å². The monoisotopic (exact) mass is 142 g/mol. The average Bonchev–Trinajstić information content (AvgIpc) is 2.51. The molecule has 0 bridgehead atoms. The zero-order valence-corrected chi connectivity index (χ0v) is 6.64. The number of hydrogen-bond donors (Lipinski definition) is 0. The van der Waals surface area contributed by atoms with Gasteiger partial charge in [-0.1, -0.05) is 0 Å². The van der Waals surface area contributed by atoms with Crippen LogP contribution >= 0.6 is 0 Å². The van der Waals surface area contributed by atoms with Gasteiger partial charge in [0.25, 0.3) is 0 Å². The Hall–Kier alpha value is -0.0800. The molecule has 58 valence electrons. The van der Waals surface area contributed by atoms with Gasteiger partial charge in [-0.25, -0.2) is 0 Å². The smallest absolute Gasteiger partial charge is 0.0996 e. The minimum atomic E-state index is 0.127. The Balaban J connectivity index is 2.15. The standard InChI is InChI=1S/C8H14O2/c1-9-7-4-3-5-8(7,6-7)10-2/h3-6H2,1-2H3. The van der Waals surface area contributed by atoms with Crippen LogP contribution in [0.3, 0.4) is 0 Å². The molecule has 0 N–H and O–H groups in total. The molecule has 0 amide bonds. The normalized spacial score (nSPS) is 51.0. The van der Waals surface area contributed by atoms with Crippen LogP contribution in [0.1, 0.15) is 25.7 Å². The van der Waals surface area contributed by atoms with E-state index in [1.54, 1.807) is 14.2 Å². The summed E-state index contributed by atoms with van der Waals surface area (Å²) in [7, 11) is 3.60. The summed E-state index contributed by atoms with van der Waals surface area (Å²) in [5, 5.41) is 0. The second kappa shape index (κ2) is 1.74. The molecule has 0 aliphatic heterocycles. The van der Waals surface area contributed by atoms with Crippen LogP contribution in [0.25, 0.3) is 0 Å². The second-order valence-corrected chi connectivity index (χ2v) is 3.43. The fourth-order valence-corrected chi connectivity index (χ4v) is 2.43. The largest absolute Gasteiger partial charge is 0.375 e. The first-order chi connectivity index (χ1) is 4.79. The van der Waals surface area contributed by atoms with E-state index in [9.17, 15) is 0 Å². The van der Waals surface area contributed by atoms with Gasteiger partial charge in [-0.15, -0.1) is 0 Å². The number of ether oxygens (including phenoxy) is 2. The molecule has 0 aromatic rings. The van der Waals surface area contributed by atoms with Gasteiger partial charge in [-0.05, 0) is 19.3 Å². The first kappa shape index (κ1) is 6.62. The molecule has 10 heavy (non-hydrogen) atoms. The Morgan fingerprint density at radius 2 is 1.50 bits per heavy atom. The number of rotatable bonds is 2. The molecule has 0 aromatic heterocycles. The van der Waals surface area contributed by atoms with Gasteiger partial charge >= 0.3 is 0 Å². The molecule has 2 fully saturated rings. The lowest BCUT2D eigenvalue weighted by Crippen LogP contribution is -2.23. The molecule has 2 atom stereocenters. The van der Waals surface area contributed by atoms with Crippen molar-refractivity contribution in [3.8, 4) is 0 Å². The minimum absolute atomic E-state index is 0.127. The summed E-state index contributed by atoms with van der Waals surface area (Å²) in [5.74, 6) is 0. The van der Waals surface area contributed by atoms with Crippen LogP contribution in [-0.4, -0.2) is 25.4 Å². The van der Waals surface area contributed by atoms with E-state index in [0.717, 1.165) is 6.42 Å². The maximum Gasteiger partial charge on any atom is 0.0996 e. The van der Waals surface area contributed by atoms with Crippen LogP contribution < -0.4 is 0 Å². The molecule has 2 aliphatic carbocycles. The van der Waals surface area contributed by atoms with E-state index in [4.69, 9.17) is 9.47 Å². The molecular weight excluding hydrogens is 128 g/mol. The van der Waals surface area contributed by atoms with Crippen LogP contribution in [0.15, 0.2) is 0 Å². The Morgan fingerprint density at radius 3 is 1.80 bits per heavy atom. The SMILES string of the molecule is COC12CCCC1(OC)C2. The van der Waals surface area contributed by atoms with Gasteiger partial charge in [0.1, 0.15) is 0 Å². The molecule has 2 rings (SSSR count). The Morgan fingerprint density at radius 1 is 1.00 bits per heavy atom. The summed E-state index contributed by atoms with van der Waals surface area (Å²) in [6.07, 6.45) is 4.77. The Kier molecular flexibility index (Phi) is 1.15. The van der Waals surface area contributed by atoms with Crippen LogP contribution in [0.2, 0.25) is 0 Å². The summed E-state index contributed by atoms with van der Waals surface area (Å²) in [6, 6.07) is 0. The molecule has 2 unspecified atom stereocenters. The van der Waals surface area contributed by atoms with E-state index < -0.39 is 0 Å². The molecule has 0 heterocycles. The van der Waals surface area contributed by atoms with Crippen molar-refractivity contribution in [2.24, 2.45) is 0 Å². The lowest BCUT2D eigenvalue weighted by Gasteiger charge is -2.14. The average molecular weight is 142 g/mol. The predicted octanol–water partition coefficient (Wildman–Crippen LogP) is 1.34. The molecule has 2 saturated carbocycles. The number of hydrogen-bond acceptors (Lipinski definition) is 2. The fourth-order valence-electron chi connectivity index (χ4n) is 2.43. The molecule has 0 saturated heterocycles. The topological polar surface area (TPSA) is 18.5 Å². The molecule has 2 nitrogen and oxygen atoms in total. The van der Waals surface area contributed by atoms with Crippen molar-refractivity contribution >= 4 is 0 Å². The molecule has 0 radical (unpaired) electrons. The molecule has 0 aromatic carbocycles. The lowest BCUT2D eigenvalue weighted by atomic mass is 10.2. The summed E-state index contributed by atoms with van der Waals surface area (Å²) < 4.78 is 10.9. The Labute approximate surface area is 61.5 Å². The van der Waals surface area contributed by atoms with E-state index >= 15 is 0 Å². The highest BCUT2D eigenvalue weighted by Gasteiger charge is 2.71. The Bertz CT molecular complexity index is 141.